The van der Waals surface area contributed by atoms with Crippen molar-refractivity contribution >= 4 is 17.1 Å². The van der Waals surface area contributed by atoms with Gasteiger partial charge in [-0.15, -0.1) is 0 Å². The van der Waals surface area contributed by atoms with Crippen LogP contribution >= 0.6 is 0 Å². The van der Waals surface area contributed by atoms with E-state index < -0.39 is 35.5 Å². The van der Waals surface area contributed by atoms with Crippen molar-refractivity contribution < 1.29 is 27.8 Å². The number of aliphatic hydroxyl groups excluding tert-OH is 1. The molecule has 0 aliphatic heterocycles. The smallest absolute Gasteiger partial charge is 0.259 e. The highest BCUT2D eigenvalue weighted by Gasteiger charge is 2.21. The number of aryl methyl sites for hydroxylation is 2. The van der Waals surface area contributed by atoms with E-state index in [0.717, 1.165) is 6.07 Å². The number of anilines is 1. The normalized spacial score (nSPS) is 11.2. The molecule has 0 unspecified atom stereocenters. The van der Waals surface area contributed by atoms with Gasteiger partial charge in [0.05, 0.1) is 47.4 Å². The summed E-state index contributed by atoms with van der Waals surface area (Å²) in [4.78, 5) is 13.0. The second kappa shape index (κ2) is 8.94. The number of aromatic nitrogens is 4. The van der Waals surface area contributed by atoms with Crippen LogP contribution in [0.2, 0.25) is 0 Å². The lowest BCUT2D eigenvalue weighted by Crippen LogP contribution is -2.12. The summed E-state index contributed by atoms with van der Waals surface area (Å²) in [6.45, 7) is 3.03. The molecular formula is C22H20F3N5O3. The van der Waals surface area contributed by atoms with E-state index in [2.05, 4.69) is 15.5 Å². The number of rotatable bonds is 7. The molecule has 1 amide bonds. The third-order valence-electron chi connectivity index (χ3n) is 4.97. The second-order valence-corrected chi connectivity index (χ2v) is 7.41. The topological polar surface area (TPSA) is 93.7 Å². The average molecular weight is 459 g/mol. The van der Waals surface area contributed by atoms with Crippen LogP contribution < -0.4 is 10.1 Å². The number of halogens is 3. The number of ether oxygens (including phenoxy) is 1. The van der Waals surface area contributed by atoms with Crippen molar-refractivity contribution in [2.75, 3.05) is 11.9 Å². The Kier molecular flexibility index (Phi) is 6.05. The van der Waals surface area contributed by atoms with E-state index in [0.29, 0.717) is 28.5 Å². The monoisotopic (exact) mass is 459 g/mol. The van der Waals surface area contributed by atoms with Crippen LogP contribution in [-0.4, -0.2) is 37.0 Å². The van der Waals surface area contributed by atoms with Crippen molar-refractivity contribution in [3.05, 3.63) is 76.5 Å². The highest BCUT2D eigenvalue weighted by atomic mass is 19.2. The van der Waals surface area contributed by atoms with Crippen LogP contribution in [0.5, 0.6) is 5.88 Å². The van der Waals surface area contributed by atoms with E-state index in [9.17, 15) is 18.0 Å². The number of aliphatic hydroxyl groups is 1. The minimum absolute atomic E-state index is 0.0896. The van der Waals surface area contributed by atoms with E-state index in [-0.39, 0.29) is 24.6 Å². The number of amides is 1. The number of nitrogens with zero attached hydrogens (tertiary/aromatic N) is 4. The number of benzene rings is 1. The predicted molar refractivity (Wildman–Crippen MR) is 113 cm³/mol. The summed E-state index contributed by atoms with van der Waals surface area (Å²) in [5.74, 6) is -3.75. The van der Waals surface area contributed by atoms with E-state index in [1.165, 1.54) is 15.4 Å². The van der Waals surface area contributed by atoms with Crippen LogP contribution in [0.15, 0.2) is 36.7 Å². The number of carbonyl (C=O) groups is 1. The summed E-state index contributed by atoms with van der Waals surface area (Å²) < 4.78 is 49.9. The fourth-order valence-electron chi connectivity index (χ4n) is 3.44. The lowest BCUT2D eigenvalue weighted by atomic mass is 10.1. The summed E-state index contributed by atoms with van der Waals surface area (Å²) >= 11 is 0. The predicted octanol–water partition coefficient (Wildman–Crippen LogP) is 3.39. The number of hydrogen-bond donors (Lipinski definition) is 2. The maximum atomic E-state index is 14.0. The molecule has 0 fully saturated rings. The van der Waals surface area contributed by atoms with Gasteiger partial charge < -0.3 is 15.2 Å². The maximum Gasteiger partial charge on any atom is 0.259 e. The number of nitrogens with one attached hydrogen (secondary N) is 1. The van der Waals surface area contributed by atoms with Gasteiger partial charge in [-0.2, -0.15) is 14.7 Å². The third kappa shape index (κ3) is 4.40. The van der Waals surface area contributed by atoms with Crippen LogP contribution in [0.1, 0.15) is 27.2 Å². The first-order valence-electron chi connectivity index (χ1n) is 9.98. The van der Waals surface area contributed by atoms with E-state index >= 15 is 0 Å². The van der Waals surface area contributed by atoms with E-state index in [1.807, 2.05) is 0 Å². The number of carbonyl (C=O) groups excluding carboxylic acids is 1. The molecule has 1 aromatic carbocycles. The van der Waals surface area contributed by atoms with Crippen molar-refractivity contribution in [3.63, 3.8) is 0 Å². The summed E-state index contributed by atoms with van der Waals surface area (Å²) in [6.07, 6.45) is 3.04. The molecule has 0 aliphatic carbocycles. The maximum absolute atomic E-state index is 14.0. The van der Waals surface area contributed by atoms with Crippen molar-refractivity contribution in [3.8, 4) is 5.88 Å². The van der Waals surface area contributed by atoms with Crippen molar-refractivity contribution in [2.24, 2.45) is 0 Å². The molecule has 0 aliphatic rings. The Labute approximate surface area is 186 Å². The van der Waals surface area contributed by atoms with Crippen molar-refractivity contribution in [2.45, 2.75) is 27.0 Å². The van der Waals surface area contributed by atoms with Crippen molar-refractivity contribution in [1.82, 2.24) is 19.4 Å². The first-order valence-corrected chi connectivity index (χ1v) is 9.98. The molecule has 0 spiro atoms. The SMILES string of the molecule is Cc1cc(OCc2c(F)ccc(F)c2F)n2nc(C)c(C(=O)Nc3cnn(CCO)c3)c2c1. The van der Waals surface area contributed by atoms with Gasteiger partial charge in [-0.25, -0.2) is 13.2 Å². The van der Waals surface area contributed by atoms with Gasteiger partial charge in [-0.1, -0.05) is 0 Å². The number of fused-ring (bicyclic) bond motifs is 1. The number of hydrogen-bond acceptors (Lipinski definition) is 5. The fraction of sp³-hybridized carbons (Fsp3) is 0.227. The molecule has 4 aromatic rings. The molecule has 11 heteroatoms. The summed E-state index contributed by atoms with van der Waals surface area (Å²) in [5, 5.41) is 20.1. The molecule has 0 saturated carbocycles. The van der Waals surface area contributed by atoms with Crippen LogP contribution in [-0.2, 0) is 13.2 Å². The zero-order valence-corrected chi connectivity index (χ0v) is 17.8. The Morgan fingerprint density at radius 1 is 1.18 bits per heavy atom. The van der Waals surface area contributed by atoms with Gasteiger partial charge in [0.25, 0.3) is 5.91 Å². The van der Waals surface area contributed by atoms with Crippen LogP contribution in [0.4, 0.5) is 18.9 Å². The molecule has 172 valence electrons. The molecule has 3 heterocycles. The first kappa shape index (κ1) is 22.3. The molecular weight excluding hydrogens is 439 g/mol. The first-order chi connectivity index (χ1) is 15.8. The average Bonchev–Trinajstić information content (AvgIpc) is 3.34. The van der Waals surface area contributed by atoms with Gasteiger partial charge in [-0.05, 0) is 37.6 Å². The number of pyridine rings is 1. The van der Waals surface area contributed by atoms with Gasteiger partial charge in [0, 0.05) is 12.3 Å². The standard InChI is InChI=1S/C22H20F3N5O3/c1-12-7-18-20(22(32)27-14-9-26-29(10-14)5-6-31)13(2)28-30(18)19(8-12)33-11-15-16(23)3-4-17(24)21(15)25/h3-4,7-10,31H,5-6,11H2,1-2H3,(H,27,32). The Bertz CT molecular complexity index is 1350. The molecule has 8 nitrogen and oxygen atoms in total. The summed E-state index contributed by atoms with van der Waals surface area (Å²) in [6, 6.07) is 4.84. The van der Waals surface area contributed by atoms with Crippen LogP contribution in [0.3, 0.4) is 0 Å². The molecule has 0 saturated heterocycles. The second-order valence-electron chi connectivity index (χ2n) is 7.41. The van der Waals surface area contributed by atoms with Gasteiger partial charge in [-0.3, -0.25) is 9.48 Å². The Hall–Kier alpha value is -3.86. The summed E-state index contributed by atoms with van der Waals surface area (Å²) in [7, 11) is 0. The molecule has 0 atom stereocenters. The van der Waals surface area contributed by atoms with Gasteiger partial charge in [0.2, 0.25) is 5.88 Å². The molecule has 4 rings (SSSR count). The lowest BCUT2D eigenvalue weighted by molar-refractivity contribution is 0.102. The van der Waals surface area contributed by atoms with Crippen molar-refractivity contribution in [1.29, 1.82) is 0 Å². The zero-order chi connectivity index (χ0) is 23.7. The highest BCUT2D eigenvalue weighted by molar-refractivity contribution is 6.09. The fourth-order valence-corrected chi connectivity index (χ4v) is 3.44. The quantitative estimate of drug-likeness (QED) is 0.414. The van der Waals surface area contributed by atoms with Gasteiger partial charge >= 0.3 is 0 Å². The molecule has 2 N–H and O–H groups in total. The van der Waals surface area contributed by atoms with Gasteiger partial charge in [0.15, 0.2) is 11.6 Å². The summed E-state index contributed by atoms with van der Waals surface area (Å²) in [5.41, 5.74) is 1.69. The third-order valence-corrected chi connectivity index (χ3v) is 4.97. The zero-order valence-electron chi connectivity index (χ0n) is 17.8. The Balaban J connectivity index is 1.65. The van der Waals surface area contributed by atoms with E-state index in [4.69, 9.17) is 9.84 Å². The highest BCUT2D eigenvalue weighted by Crippen LogP contribution is 2.26. The minimum Gasteiger partial charge on any atom is -0.473 e. The largest absolute Gasteiger partial charge is 0.473 e. The molecule has 0 bridgehead atoms. The van der Waals surface area contributed by atoms with Crippen LogP contribution in [0, 0.1) is 31.3 Å². The molecule has 0 radical (unpaired) electrons. The van der Waals surface area contributed by atoms with Gasteiger partial charge in [0.1, 0.15) is 12.4 Å². The molecule has 33 heavy (non-hydrogen) atoms. The Morgan fingerprint density at radius 2 is 1.94 bits per heavy atom. The van der Waals surface area contributed by atoms with Crippen LogP contribution in [0.25, 0.3) is 5.52 Å². The Morgan fingerprint density at radius 3 is 2.70 bits per heavy atom. The molecule has 3 aromatic heterocycles. The minimum atomic E-state index is -1.32. The van der Waals surface area contributed by atoms with E-state index in [1.54, 1.807) is 32.2 Å². The lowest BCUT2D eigenvalue weighted by Gasteiger charge is -2.11.